The predicted octanol–water partition coefficient (Wildman–Crippen LogP) is 5.86. The van der Waals surface area contributed by atoms with E-state index in [-0.39, 0.29) is 10.8 Å². The molecule has 0 aromatic heterocycles. The van der Waals surface area contributed by atoms with E-state index in [1.165, 1.54) is 18.4 Å². The summed E-state index contributed by atoms with van der Waals surface area (Å²) in [5.41, 5.74) is -0.279. The van der Waals surface area contributed by atoms with E-state index in [1.807, 2.05) is 20.8 Å². The van der Waals surface area contributed by atoms with Gasteiger partial charge in [-0.25, -0.2) is 0 Å². The molecule has 0 aromatic rings. The lowest BCUT2D eigenvalue weighted by Crippen LogP contribution is -2.62. The number of allylic oxidation sites excluding steroid dienone is 1. The third-order valence-electron chi connectivity index (χ3n) is 10.5. The first-order valence-electron chi connectivity index (χ1n) is 13.0. The van der Waals surface area contributed by atoms with Crippen molar-refractivity contribution in [3.8, 4) is 0 Å². The van der Waals surface area contributed by atoms with E-state index >= 15 is 0 Å². The molecule has 0 aliphatic heterocycles. The highest BCUT2D eigenvalue weighted by Gasteiger charge is 2.65. The van der Waals surface area contributed by atoms with Gasteiger partial charge in [0.1, 0.15) is 0 Å². The lowest BCUT2D eigenvalue weighted by atomic mass is 9.42. The largest absolute Gasteiger partial charge is 0.390 e. The first kappa shape index (κ1) is 23.8. The van der Waals surface area contributed by atoms with Crippen LogP contribution in [0.3, 0.4) is 0 Å². The molecule has 3 fully saturated rings. The Balaban J connectivity index is 1.63. The molecule has 2 unspecified atom stereocenters. The van der Waals surface area contributed by atoms with Gasteiger partial charge in [0.05, 0.1) is 16.8 Å². The third-order valence-corrected chi connectivity index (χ3v) is 10.5. The molecule has 0 saturated heterocycles. The topological polar surface area (TPSA) is 60.7 Å². The Bertz CT molecular complexity index is 729. The zero-order valence-corrected chi connectivity index (χ0v) is 21.2. The normalized spacial score (nSPS) is 50.8. The lowest BCUT2D eigenvalue weighted by Gasteiger charge is -2.64. The van der Waals surface area contributed by atoms with Crippen molar-refractivity contribution in [1.29, 1.82) is 0 Å². The molecule has 4 aliphatic carbocycles. The fourth-order valence-electron chi connectivity index (χ4n) is 9.34. The summed E-state index contributed by atoms with van der Waals surface area (Å²) in [7, 11) is 0. The smallest absolute Gasteiger partial charge is 0.0664 e. The highest BCUT2D eigenvalue weighted by Crippen LogP contribution is 2.70. The molecule has 0 amide bonds. The summed E-state index contributed by atoms with van der Waals surface area (Å²) in [4.78, 5) is 0. The van der Waals surface area contributed by atoms with Crippen LogP contribution in [0, 0.1) is 40.4 Å². The molecule has 3 N–H and O–H groups in total. The molecule has 0 radical (unpaired) electrons. The van der Waals surface area contributed by atoms with Gasteiger partial charge in [0.2, 0.25) is 0 Å². The molecule has 3 nitrogen and oxygen atoms in total. The van der Waals surface area contributed by atoms with Gasteiger partial charge < -0.3 is 15.3 Å². The van der Waals surface area contributed by atoms with Gasteiger partial charge in [-0.1, -0.05) is 32.4 Å². The summed E-state index contributed by atoms with van der Waals surface area (Å²) in [5, 5.41) is 33.0. The molecule has 0 heterocycles. The summed E-state index contributed by atoms with van der Waals surface area (Å²) in [6.45, 7) is 15.2. The van der Waals surface area contributed by atoms with E-state index in [9.17, 15) is 15.3 Å². The monoisotopic (exact) mass is 432 g/mol. The van der Waals surface area contributed by atoms with Gasteiger partial charge in [0.15, 0.2) is 0 Å². The van der Waals surface area contributed by atoms with Crippen LogP contribution < -0.4 is 0 Å². The van der Waals surface area contributed by atoms with Crippen molar-refractivity contribution < 1.29 is 15.3 Å². The maximum Gasteiger partial charge on any atom is 0.0664 e. The third kappa shape index (κ3) is 3.95. The molecular weight excluding hydrogens is 384 g/mol. The molecular formula is C28H48O3. The summed E-state index contributed by atoms with van der Waals surface area (Å²) in [6, 6.07) is 0. The minimum Gasteiger partial charge on any atom is -0.390 e. The molecule has 31 heavy (non-hydrogen) atoms. The second-order valence-corrected chi connectivity index (χ2v) is 13.9. The van der Waals surface area contributed by atoms with Crippen LogP contribution in [0.2, 0.25) is 0 Å². The van der Waals surface area contributed by atoms with Crippen LogP contribution in [-0.2, 0) is 0 Å². The van der Waals surface area contributed by atoms with Crippen molar-refractivity contribution in [3.05, 3.63) is 11.6 Å². The van der Waals surface area contributed by atoms with Gasteiger partial charge in [-0.3, -0.25) is 0 Å². The number of hydrogen-bond donors (Lipinski definition) is 3. The molecule has 3 saturated carbocycles. The molecule has 0 aromatic carbocycles. The quantitative estimate of drug-likeness (QED) is 0.487. The summed E-state index contributed by atoms with van der Waals surface area (Å²) < 4.78 is 0. The van der Waals surface area contributed by atoms with E-state index in [0.717, 1.165) is 44.9 Å². The van der Waals surface area contributed by atoms with Gasteiger partial charge in [0, 0.05) is 0 Å². The Hall–Kier alpha value is -0.380. The lowest BCUT2D eigenvalue weighted by molar-refractivity contribution is -0.185. The number of hydrogen-bond acceptors (Lipinski definition) is 3. The average molecular weight is 433 g/mol. The van der Waals surface area contributed by atoms with E-state index < -0.39 is 16.8 Å². The zero-order chi connectivity index (χ0) is 23.0. The van der Waals surface area contributed by atoms with Crippen LogP contribution >= 0.6 is 0 Å². The predicted molar refractivity (Wildman–Crippen MR) is 127 cm³/mol. The maximum absolute atomic E-state index is 12.0. The molecule has 4 rings (SSSR count). The van der Waals surface area contributed by atoms with E-state index in [0.29, 0.717) is 29.6 Å². The summed E-state index contributed by atoms with van der Waals surface area (Å²) in [6.07, 6.45) is 11.4. The number of aliphatic hydroxyl groups is 3. The Morgan fingerprint density at radius 3 is 2.42 bits per heavy atom. The van der Waals surface area contributed by atoms with Crippen molar-refractivity contribution in [1.82, 2.24) is 0 Å². The average Bonchev–Trinajstić information content (AvgIpc) is 2.94. The Morgan fingerprint density at radius 2 is 1.77 bits per heavy atom. The number of rotatable bonds is 4. The van der Waals surface area contributed by atoms with Gasteiger partial charge in [-0.15, -0.1) is 0 Å². The van der Waals surface area contributed by atoms with Crippen molar-refractivity contribution in [2.45, 2.75) is 123 Å². The fourth-order valence-corrected chi connectivity index (χ4v) is 9.34. The maximum atomic E-state index is 12.0. The van der Waals surface area contributed by atoms with Crippen LogP contribution in [-0.4, -0.2) is 32.1 Å². The minimum atomic E-state index is -0.675. The Morgan fingerprint density at radius 1 is 1.10 bits per heavy atom. The van der Waals surface area contributed by atoms with E-state index in [2.05, 4.69) is 33.8 Å². The molecule has 0 bridgehead atoms. The first-order valence-corrected chi connectivity index (χ1v) is 13.0. The molecule has 178 valence electrons. The van der Waals surface area contributed by atoms with Gasteiger partial charge in [0.25, 0.3) is 0 Å². The zero-order valence-electron chi connectivity index (χ0n) is 21.2. The number of fused-ring (bicyclic) bond motifs is 5. The molecule has 0 spiro atoms. The van der Waals surface area contributed by atoms with E-state index in [4.69, 9.17) is 0 Å². The molecule has 3 heteroatoms. The minimum absolute atomic E-state index is 0.0145. The molecule has 4 aliphatic rings. The van der Waals surface area contributed by atoms with Gasteiger partial charge in [-0.2, -0.15) is 0 Å². The Labute approximate surface area is 190 Å². The fraction of sp³-hybridized carbons (Fsp3) is 0.929. The molecule has 9 atom stereocenters. The van der Waals surface area contributed by atoms with Crippen molar-refractivity contribution >= 4 is 0 Å². The second-order valence-electron chi connectivity index (χ2n) is 13.9. The van der Waals surface area contributed by atoms with Crippen LogP contribution in [0.1, 0.15) is 106 Å². The van der Waals surface area contributed by atoms with Crippen LogP contribution in [0.5, 0.6) is 0 Å². The van der Waals surface area contributed by atoms with Gasteiger partial charge in [-0.05, 0) is 126 Å². The first-order chi connectivity index (χ1) is 14.1. The van der Waals surface area contributed by atoms with E-state index in [1.54, 1.807) is 0 Å². The SMILES string of the molecule is C[C@H](CCC(C)(C)O)[C@H]1CC[C@H]2C3CC=C4C[C@@](C)(O)CC[C@]4(C)[C@H]3C(C)(O)C[C@]12C. The van der Waals surface area contributed by atoms with Crippen LogP contribution in [0.15, 0.2) is 11.6 Å². The van der Waals surface area contributed by atoms with Gasteiger partial charge >= 0.3 is 0 Å². The summed E-state index contributed by atoms with van der Waals surface area (Å²) in [5.74, 6) is 2.70. The van der Waals surface area contributed by atoms with Crippen molar-refractivity contribution in [2.24, 2.45) is 40.4 Å². The van der Waals surface area contributed by atoms with Crippen molar-refractivity contribution in [3.63, 3.8) is 0 Å². The second kappa shape index (κ2) is 7.31. The highest BCUT2D eigenvalue weighted by molar-refractivity contribution is 5.29. The van der Waals surface area contributed by atoms with Crippen LogP contribution in [0.4, 0.5) is 0 Å². The summed E-state index contributed by atoms with van der Waals surface area (Å²) >= 11 is 0. The van der Waals surface area contributed by atoms with Crippen LogP contribution in [0.25, 0.3) is 0 Å². The van der Waals surface area contributed by atoms with Crippen molar-refractivity contribution in [2.75, 3.05) is 0 Å². The Kier molecular flexibility index (Phi) is 5.60. The standard InChI is InChI=1S/C28H48O3/c1-18(12-13-24(2,3)29)21-10-11-22-20-9-8-19-16-25(4,30)14-15-26(19,5)23(20)28(7,31)17-27(21,22)6/h8,18,20-23,29-31H,9-17H2,1-7H3/t18-,20?,21-,22+,23+,25+,26+,27-,28?/m1/s1. The highest BCUT2D eigenvalue weighted by atomic mass is 16.3.